The molecule has 106 valence electrons. The highest BCUT2D eigenvalue weighted by atomic mass is 35.5. The highest BCUT2D eigenvalue weighted by molar-refractivity contribution is 6.31. The first kappa shape index (κ1) is 13.4. The van der Waals surface area contributed by atoms with Gasteiger partial charge in [0.2, 0.25) is 0 Å². The van der Waals surface area contributed by atoms with Gasteiger partial charge in [0.25, 0.3) is 11.8 Å². The van der Waals surface area contributed by atoms with Crippen molar-refractivity contribution < 1.29 is 14.3 Å². The maximum atomic E-state index is 12.1. The number of halogens is 1. The summed E-state index contributed by atoms with van der Waals surface area (Å²) in [6.07, 6.45) is 0. The quantitative estimate of drug-likeness (QED) is 0.892. The minimum Gasteiger partial charge on any atom is -0.480 e. The van der Waals surface area contributed by atoms with Crippen LogP contribution in [-0.4, -0.2) is 23.4 Å². The number of fused-ring (bicyclic) bond motifs is 1. The summed E-state index contributed by atoms with van der Waals surface area (Å²) in [6, 6.07) is 9.80. The van der Waals surface area contributed by atoms with Crippen molar-refractivity contribution >= 4 is 35.1 Å². The molecule has 0 fully saturated rings. The molecule has 1 aliphatic heterocycles. The molecule has 7 heteroatoms. The van der Waals surface area contributed by atoms with Gasteiger partial charge in [-0.1, -0.05) is 17.7 Å². The van der Waals surface area contributed by atoms with Crippen molar-refractivity contribution in [3.05, 3.63) is 47.0 Å². The Balaban J connectivity index is 1.80. The molecular formula is C14H10ClN3O3. The number of carbonyl (C=O) groups is 2. The van der Waals surface area contributed by atoms with Gasteiger partial charge in [0.1, 0.15) is 5.82 Å². The van der Waals surface area contributed by atoms with Gasteiger partial charge in [-0.05, 0) is 30.3 Å². The van der Waals surface area contributed by atoms with Gasteiger partial charge in [0.05, 0.1) is 0 Å². The average Bonchev–Trinajstić information content (AvgIpc) is 2.46. The average molecular weight is 304 g/mol. The molecule has 2 heterocycles. The molecule has 1 aliphatic rings. The van der Waals surface area contributed by atoms with Crippen molar-refractivity contribution in [1.29, 1.82) is 0 Å². The predicted octanol–water partition coefficient (Wildman–Crippen LogP) is 2.32. The summed E-state index contributed by atoms with van der Waals surface area (Å²) in [6.45, 7) is -0.0388. The highest BCUT2D eigenvalue weighted by Gasteiger charge is 2.18. The summed E-state index contributed by atoms with van der Waals surface area (Å²) in [5.41, 5.74) is 0.419. The number of amides is 2. The Morgan fingerprint density at radius 1 is 1.33 bits per heavy atom. The van der Waals surface area contributed by atoms with E-state index >= 15 is 0 Å². The maximum Gasteiger partial charge on any atom is 0.263 e. The summed E-state index contributed by atoms with van der Waals surface area (Å²) in [5, 5.41) is 5.68. The molecule has 2 aromatic rings. The number of nitrogens with zero attached hydrogens (tertiary/aromatic N) is 1. The summed E-state index contributed by atoms with van der Waals surface area (Å²) in [4.78, 5) is 27.4. The minimum atomic E-state index is -0.340. The predicted molar refractivity (Wildman–Crippen MR) is 77.8 cm³/mol. The van der Waals surface area contributed by atoms with Gasteiger partial charge in [0, 0.05) is 10.6 Å². The molecule has 6 nitrogen and oxygen atoms in total. The third-order valence-electron chi connectivity index (χ3n) is 2.80. The lowest BCUT2D eigenvalue weighted by atomic mass is 10.2. The number of ether oxygens (including phenoxy) is 1. The van der Waals surface area contributed by atoms with E-state index < -0.39 is 0 Å². The molecule has 0 aliphatic carbocycles. The van der Waals surface area contributed by atoms with Crippen molar-refractivity contribution in [2.75, 3.05) is 17.2 Å². The molecule has 0 saturated carbocycles. The lowest BCUT2D eigenvalue weighted by molar-refractivity contribution is -0.118. The van der Waals surface area contributed by atoms with E-state index in [1.165, 1.54) is 0 Å². The van der Waals surface area contributed by atoms with Crippen molar-refractivity contribution in [1.82, 2.24) is 4.98 Å². The van der Waals surface area contributed by atoms with Gasteiger partial charge in [-0.15, -0.1) is 0 Å². The Kier molecular flexibility index (Phi) is 3.45. The third-order valence-corrected chi connectivity index (χ3v) is 3.04. The van der Waals surface area contributed by atoms with Gasteiger partial charge in [-0.25, -0.2) is 4.98 Å². The number of rotatable bonds is 2. The van der Waals surface area contributed by atoms with Crippen molar-refractivity contribution in [3.63, 3.8) is 0 Å². The number of aromatic nitrogens is 1. The molecule has 0 unspecified atom stereocenters. The Morgan fingerprint density at radius 3 is 3.00 bits per heavy atom. The van der Waals surface area contributed by atoms with Crippen LogP contribution in [0.25, 0.3) is 0 Å². The first-order chi connectivity index (χ1) is 10.1. The Morgan fingerprint density at radius 2 is 2.19 bits per heavy atom. The molecule has 2 N–H and O–H groups in total. The number of anilines is 2. The van der Waals surface area contributed by atoms with Crippen LogP contribution in [-0.2, 0) is 4.79 Å². The summed E-state index contributed by atoms with van der Waals surface area (Å²) in [7, 11) is 0. The topological polar surface area (TPSA) is 80.3 Å². The number of pyridine rings is 1. The van der Waals surface area contributed by atoms with Crippen molar-refractivity contribution in [2.24, 2.45) is 0 Å². The molecule has 0 atom stereocenters. The Hall–Kier alpha value is -2.60. The molecular weight excluding hydrogens is 294 g/mol. The van der Waals surface area contributed by atoms with E-state index in [1.807, 2.05) is 0 Å². The fourth-order valence-corrected chi connectivity index (χ4v) is 2.04. The molecule has 2 amide bonds. The first-order valence-corrected chi connectivity index (χ1v) is 6.50. The normalized spacial score (nSPS) is 12.9. The first-order valence-electron chi connectivity index (χ1n) is 6.12. The fraction of sp³-hybridized carbons (Fsp3) is 0.0714. The van der Waals surface area contributed by atoms with E-state index in [2.05, 4.69) is 15.6 Å². The number of carbonyl (C=O) groups excluding carboxylic acids is 2. The second-order valence-electron chi connectivity index (χ2n) is 4.34. The monoisotopic (exact) mass is 303 g/mol. The van der Waals surface area contributed by atoms with Crippen LogP contribution in [0.1, 0.15) is 10.4 Å². The molecule has 0 bridgehead atoms. The van der Waals surface area contributed by atoms with Gasteiger partial charge < -0.3 is 15.4 Å². The minimum absolute atomic E-state index is 0.0388. The fourth-order valence-electron chi connectivity index (χ4n) is 1.85. The molecule has 1 aromatic carbocycles. The third kappa shape index (κ3) is 2.95. The van der Waals surface area contributed by atoms with Gasteiger partial charge in [-0.2, -0.15) is 0 Å². The van der Waals surface area contributed by atoms with Crippen LogP contribution in [0.3, 0.4) is 0 Å². The summed E-state index contributed by atoms with van der Waals surface area (Å²) in [5.74, 6) is 0.441. The van der Waals surface area contributed by atoms with Crippen molar-refractivity contribution in [2.45, 2.75) is 0 Å². The van der Waals surface area contributed by atoms with Crippen LogP contribution in [0.4, 0.5) is 11.6 Å². The smallest absolute Gasteiger partial charge is 0.263 e. The SMILES string of the molecule is O=C1COc2ccc(NC(=O)c3cccc(Cl)c3)nc2N1. The van der Waals surface area contributed by atoms with Gasteiger partial charge >= 0.3 is 0 Å². The van der Waals surface area contributed by atoms with Crippen LogP contribution in [0.15, 0.2) is 36.4 Å². The summed E-state index contributed by atoms with van der Waals surface area (Å²) < 4.78 is 5.19. The molecule has 1 aromatic heterocycles. The zero-order chi connectivity index (χ0) is 14.8. The van der Waals surface area contributed by atoms with Crippen LogP contribution in [0.2, 0.25) is 5.02 Å². The zero-order valence-electron chi connectivity index (χ0n) is 10.7. The maximum absolute atomic E-state index is 12.1. The van der Waals surface area contributed by atoms with E-state index in [0.717, 1.165) is 0 Å². The van der Waals surface area contributed by atoms with Gasteiger partial charge in [0.15, 0.2) is 18.2 Å². The van der Waals surface area contributed by atoms with E-state index in [0.29, 0.717) is 22.2 Å². The van der Waals surface area contributed by atoms with E-state index in [-0.39, 0.29) is 24.2 Å². The lowest BCUT2D eigenvalue weighted by Crippen LogP contribution is -2.26. The summed E-state index contributed by atoms with van der Waals surface area (Å²) >= 11 is 5.84. The van der Waals surface area contributed by atoms with Crippen molar-refractivity contribution in [3.8, 4) is 5.75 Å². The van der Waals surface area contributed by atoms with Crippen LogP contribution in [0, 0.1) is 0 Å². The second kappa shape index (κ2) is 5.41. The molecule has 3 rings (SSSR count). The highest BCUT2D eigenvalue weighted by Crippen LogP contribution is 2.27. The molecule has 0 saturated heterocycles. The second-order valence-corrected chi connectivity index (χ2v) is 4.78. The number of nitrogens with one attached hydrogen (secondary N) is 2. The lowest BCUT2D eigenvalue weighted by Gasteiger charge is -2.17. The molecule has 0 radical (unpaired) electrons. The Labute approximate surface area is 125 Å². The van der Waals surface area contributed by atoms with E-state index in [1.54, 1.807) is 36.4 Å². The van der Waals surface area contributed by atoms with Crippen LogP contribution < -0.4 is 15.4 Å². The van der Waals surface area contributed by atoms with Gasteiger partial charge in [-0.3, -0.25) is 9.59 Å². The standard InChI is InChI=1S/C14H10ClN3O3/c15-9-3-1-2-8(6-9)14(20)17-11-5-4-10-13(16-11)18-12(19)7-21-10/h1-6H,7H2,(H2,16,17,18,19,20). The molecule has 21 heavy (non-hydrogen) atoms. The van der Waals surface area contributed by atoms with Crippen LogP contribution >= 0.6 is 11.6 Å². The zero-order valence-corrected chi connectivity index (χ0v) is 11.5. The largest absolute Gasteiger partial charge is 0.480 e. The van der Waals surface area contributed by atoms with E-state index in [4.69, 9.17) is 16.3 Å². The number of benzene rings is 1. The number of hydrogen-bond donors (Lipinski definition) is 2. The van der Waals surface area contributed by atoms with Crippen LogP contribution in [0.5, 0.6) is 5.75 Å². The number of hydrogen-bond acceptors (Lipinski definition) is 4. The Bertz CT molecular complexity index is 733. The van der Waals surface area contributed by atoms with E-state index in [9.17, 15) is 9.59 Å². The molecule has 0 spiro atoms.